The van der Waals surface area contributed by atoms with Crippen molar-refractivity contribution in [2.45, 2.75) is 39.0 Å². The van der Waals surface area contributed by atoms with Crippen molar-refractivity contribution in [3.63, 3.8) is 0 Å². The summed E-state index contributed by atoms with van der Waals surface area (Å²) in [6.45, 7) is 3.76. The zero-order chi connectivity index (χ0) is 16.0. The molecule has 22 heavy (non-hydrogen) atoms. The maximum Gasteiger partial charge on any atom is 0.339 e. The van der Waals surface area contributed by atoms with E-state index in [0.717, 1.165) is 22.9 Å². The first-order valence-electron chi connectivity index (χ1n) is 7.46. The van der Waals surface area contributed by atoms with Gasteiger partial charge in [-0.1, -0.05) is 6.92 Å². The number of nitrogen functional groups attached to an aromatic ring is 1. The monoisotopic (exact) mass is 301 g/mol. The molecule has 5 heteroatoms. The lowest BCUT2D eigenvalue weighted by Gasteiger charge is -2.20. The second-order valence-corrected chi connectivity index (χ2v) is 6.16. The molecule has 1 aromatic carbocycles. The maximum absolute atomic E-state index is 12.3. The highest BCUT2D eigenvalue weighted by atomic mass is 16.4. The van der Waals surface area contributed by atoms with Crippen molar-refractivity contribution in [1.82, 2.24) is 0 Å². The quantitative estimate of drug-likeness (QED) is 0.671. The van der Waals surface area contributed by atoms with Crippen LogP contribution >= 0.6 is 0 Å². The van der Waals surface area contributed by atoms with Gasteiger partial charge < -0.3 is 15.3 Å². The number of fused-ring (bicyclic) bond motifs is 3. The number of carbonyl (C=O) groups is 1. The third kappa shape index (κ3) is 2.17. The van der Waals surface area contributed by atoms with Crippen LogP contribution in [0.25, 0.3) is 11.0 Å². The molecule has 3 rings (SSSR count). The Kier molecular flexibility index (Phi) is 3.43. The van der Waals surface area contributed by atoms with Crippen LogP contribution in [0.15, 0.2) is 21.3 Å². The molecular formula is C17H19NO4. The SMILES string of the molecule is Cc1c(N)ccc2c3c(c(=O)oc12)CCC3C(C)CC(=O)O. The number of carboxylic acid groups (broad SMARTS) is 1. The maximum atomic E-state index is 12.3. The van der Waals surface area contributed by atoms with Gasteiger partial charge in [0.1, 0.15) is 5.58 Å². The van der Waals surface area contributed by atoms with E-state index in [1.54, 1.807) is 0 Å². The van der Waals surface area contributed by atoms with E-state index >= 15 is 0 Å². The summed E-state index contributed by atoms with van der Waals surface area (Å²) in [5.41, 5.74) is 9.11. The Morgan fingerprint density at radius 2 is 2.23 bits per heavy atom. The van der Waals surface area contributed by atoms with Crippen molar-refractivity contribution in [2.75, 3.05) is 5.73 Å². The molecule has 1 aromatic heterocycles. The van der Waals surface area contributed by atoms with Gasteiger partial charge in [0.25, 0.3) is 0 Å². The summed E-state index contributed by atoms with van der Waals surface area (Å²) in [5, 5.41) is 9.93. The van der Waals surface area contributed by atoms with Gasteiger partial charge in [-0.25, -0.2) is 4.79 Å². The topological polar surface area (TPSA) is 93.5 Å². The molecule has 0 bridgehead atoms. The van der Waals surface area contributed by atoms with Gasteiger partial charge in [0.2, 0.25) is 0 Å². The van der Waals surface area contributed by atoms with Gasteiger partial charge in [-0.2, -0.15) is 0 Å². The third-order valence-corrected chi connectivity index (χ3v) is 4.76. The molecule has 116 valence electrons. The summed E-state index contributed by atoms with van der Waals surface area (Å²) < 4.78 is 5.47. The fraction of sp³-hybridized carbons (Fsp3) is 0.412. The van der Waals surface area contributed by atoms with Crippen molar-refractivity contribution in [1.29, 1.82) is 0 Å². The van der Waals surface area contributed by atoms with Crippen molar-refractivity contribution in [2.24, 2.45) is 5.92 Å². The second-order valence-electron chi connectivity index (χ2n) is 6.16. The largest absolute Gasteiger partial charge is 0.481 e. The normalized spacial score (nSPS) is 18.4. The van der Waals surface area contributed by atoms with Gasteiger partial charge in [0.05, 0.1) is 0 Å². The van der Waals surface area contributed by atoms with Crippen LogP contribution in [0, 0.1) is 12.8 Å². The van der Waals surface area contributed by atoms with E-state index < -0.39 is 5.97 Å². The number of hydrogen-bond donors (Lipinski definition) is 2. The third-order valence-electron chi connectivity index (χ3n) is 4.76. The summed E-state index contributed by atoms with van der Waals surface area (Å²) in [4.78, 5) is 23.3. The number of aliphatic carboxylic acids is 1. The molecular weight excluding hydrogens is 282 g/mol. The number of benzene rings is 1. The molecule has 2 aromatic rings. The number of aryl methyl sites for hydroxylation is 1. The minimum Gasteiger partial charge on any atom is -0.481 e. The highest BCUT2D eigenvalue weighted by molar-refractivity contribution is 5.88. The van der Waals surface area contributed by atoms with E-state index in [2.05, 4.69) is 0 Å². The van der Waals surface area contributed by atoms with E-state index in [4.69, 9.17) is 15.3 Å². The van der Waals surface area contributed by atoms with Crippen LogP contribution in [0.2, 0.25) is 0 Å². The van der Waals surface area contributed by atoms with Crippen LogP contribution in [0.1, 0.15) is 42.4 Å². The fourth-order valence-corrected chi connectivity index (χ4v) is 3.57. The summed E-state index contributed by atoms with van der Waals surface area (Å²) in [6, 6.07) is 3.69. The molecule has 3 N–H and O–H groups in total. The van der Waals surface area contributed by atoms with Crippen molar-refractivity contribution in [3.8, 4) is 0 Å². The first-order valence-corrected chi connectivity index (χ1v) is 7.46. The second kappa shape index (κ2) is 5.16. The minimum atomic E-state index is -0.811. The molecule has 0 aliphatic heterocycles. The highest BCUT2D eigenvalue weighted by Crippen LogP contribution is 2.42. The molecule has 0 fully saturated rings. The predicted octanol–water partition coefficient (Wildman–Crippen LogP) is 2.82. The van der Waals surface area contributed by atoms with Crippen LogP contribution in [0.4, 0.5) is 5.69 Å². The summed E-state index contributed by atoms with van der Waals surface area (Å²) in [6.07, 6.45) is 1.53. The molecule has 0 saturated heterocycles. The highest BCUT2D eigenvalue weighted by Gasteiger charge is 2.33. The van der Waals surface area contributed by atoms with Crippen molar-refractivity contribution >= 4 is 22.6 Å². The molecule has 0 radical (unpaired) electrons. The van der Waals surface area contributed by atoms with Gasteiger partial charge in [0.15, 0.2) is 0 Å². The zero-order valence-electron chi connectivity index (χ0n) is 12.7. The van der Waals surface area contributed by atoms with Crippen LogP contribution in [-0.2, 0) is 11.2 Å². The van der Waals surface area contributed by atoms with E-state index in [1.807, 2.05) is 26.0 Å². The molecule has 5 nitrogen and oxygen atoms in total. The summed E-state index contributed by atoms with van der Waals surface area (Å²) in [7, 11) is 0. The van der Waals surface area contributed by atoms with E-state index in [9.17, 15) is 9.59 Å². The van der Waals surface area contributed by atoms with Gasteiger partial charge in [0, 0.05) is 28.6 Å². The molecule has 1 aliphatic carbocycles. The predicted molar refractivity (Wildman–Crippen MR) is 84.1 cm³/mol. The molecule has 0 amide bonds. The Hall–Kier alpha value is -2.30. The number of nitrogens with two attached hydrogens (primary N) is 1. The van der Waals surface area contributed by atoms with Gasteiger partial charge in [-0.15, -0.1) is 0 Å². The molecule has 2 atom stereocenters. The fourth-order valence-electron chi connectivity index (χ4n) is 3.57. The van der Waals surface area contributed by atoms with Gasteiger partial charge >= 0.3 is 11.6 Å². The summed E-state index contributed by atoms with van der Waals surface area (Å²) in [5.74, 6) is -0.768. The van der Waals surface area contributed by atoms with Gasteiger partial charge in [-0.3, -0.25) is 4.79 Å². The van der Waals surface area contributed by atoms with Crippen molar-refractivity contribution in [3.05, 3.63) is 39.2 Å². The van der Waals surface area contributed by atoms with Crippen molar-refractivity contribution < 1.29 is 14.3 Å². The van der Waals surface area contributed by atoms with E-state index in [1.165, 1.54) is 0 Å². The molecule has 0 saturated carbocycles. The molecule has 1 aliphatic rings. The molecule has 2 unspecified atom stereocenters. The zero-order valence-corrected chi connectivity index (χ0v) is 12.7. The molecule has 1 heterocycles. The standard InChI is InChI=1S/C17H19NO4/c1-8(7-14(19)20)10-3-4-12-15(10)11-5-6-13(18)9(2)16(11)22-17(12)21/h5-6,8,10H,3-4,7,18H2,1-2H3,(H,19,20). The van der Waals surface area contributed by atoms with Gasteiger partial charge in [-0.05, 0) is 49.3 Å². The number of anilines is 1. The van der Waals surface area contributed by atoms with Crippen LogP contribution in [-0.4, -0.2) is 11.1 Å². The number of rotatable bonds is 3. The lowest BCUT2D eigenvalue weighted by atomic mass is 9.85. The van der Waals surface area contributed by atoms with Crippen LogP contribution < -0.4 is 11.4 Å². The lowest BCUT2D eigenvalue weighted by molar-refractivity contribution is -0.138. The number of hydrogen-bond acceptors (Lipinski definition) is 4. The summed E-state index contributed by atoms with van der Waals surface area (Å²) >= 11 is 0. The van der Waals surface area contributed by atoms with Crippen LogP contribution in [0.3, 0.4) is 0 Å². The Morgan fingerprint density at radius 3 is 2.91 bits per heavy atom. The Balaban J connectivity index is 2.23. The average Bonchev–Trinajstić information content (AvgIpc) is 2.88. The van der Waals surface area contributed by atoms with E-state index in [-0.39, 0.29) is 23.9 Å². The van der Waals surface area contributed by atoms with Crippen LogP contribution in [0.5, 0.6) is 0 Å². The Morgan fingerprint density at radius 1 is 1.50 bits per heavy atom. The minimum absolute atomic E-state index is 0.0263. The molecule has 0 spiro atoms. The lowest BCUT2D eigenvalue weighted by Crippen LogP contribution is -2.14. The van der Waals surface area contributed by atoms with E-state index in [0.29, 0.717) is 23.3 Å². The number of carboxylic acids is 1. The Labute approximate surface area is 127 Å². The first-order chi connectivity index (χ1) is 10.4. The smallest absolute Gasteiger partial charge is 0.339 e. The first kappa shape index (κ1) is 14.6. The Bertz CT molecular complexity index is 821. The average molecular weight is 301 g/mol.